The number of rotatable bonds is 7. The first-order valence-electron chi connectivity index (χ1n) is 8.47. The summed E-state index contributed by atoms with van der Waals surface area (Å²) in [6.45, 7) is 4.93. The van der Waals surface area contributed by atoms with E-state index in [1.54, 1.807) is 5.57 Å². The minimum atomic E-state index is 0.693. The van der Waals surface area contributed by atoms with Crippen LogP contribution in [0.5, 0.6) is 0 Å². The van der Waals surface area contributed by atoms with Gasteiger partial charge in [0.2, 0.25) is 0 Å². The molecule has 1 nitrogen and oxygen atoms in total. The van der Waals surface area contributed by atoms with Gasteiger partial charge in [-0.15, -0.1) is 6.58 Å². The summed E-state index contributed by atoms with van der Waals surface area (Å²) in [7, 11) is 0. The first-order valence-corrected chi connectivity index (χ1v) is 8.47. The lowest BCUT2D eigenvalue weighted by molar-refractivity contribution is 0.194. The van der Waals surface area contributed by atoms with Gasteiger partial charge in [0, 0.05) is 18.6 Å². The number of unbranched alkanes of at least 4 members (excludes halogenated alkanes) is 2. The van der Waals surface area contributed by atoms with E-state index in [1.807, 2.05) is 6.08 Å². The molecule has 2 aliphatic heterocycles. The standard InChI is InChI=1S/C20H27N/c1-2-3-4-6-11-18-14-19-12-13-20(15-18)21(19)16-17-9-7-5-8-10-17/h2,5,7-10,14,19-20H,1,3-4,6,11-13,15-16H2. The second-order valence-corrected chi connectivity index (χ2v) is 6.52. The smallest absolute Gasteiger partial charge is 0.0288 e. The average molecular weight is 281 g/mol. The fraction of sp³-hybridized carbons (Fsp3) is 0.500. The van der Waals surface area contributed by atoms with E-state index in [0.717, 1.165) is 12.6 Å². The molecule has 2 unspecified atom stereocenters. The fourth-order valence-corrected chi connectivity index (χ4v) is 3.87. The minimum Gasteiger partial charge on any atom is -0.289 e. The number of benzene rings is 1. The maximum Gasteiger partial charge on any atom is 0.0288 e. The predicted octanol–water partition coefficient (Wildman–Crippen LogP) is 5.10. The summed E-state index contributed by atoms with van der Waals surface area (Å²) < 4.78 is 0. The molecule has 0 spiro atoms. The van der Waals surface area contributed by atoms with Crippen LogP contribution in [0.4, 0.5) is 0 Å². The van der Waals surface area contributed by atoms with Crippen molar-refractivity contribution in [2.45, 2.75) is 63.6 Å². The lowest BCUT2D eigenvalue weighted by Gasteiger charge is -2.34. The molecular formula is C20H27N. The average Bonchev–Trinajstić information content (AvgIpc) is 2.75. The molecule has 21 heavy (non-hydrogen) atoms. The molecule has 0 N–H and O–H groups in total. The van der Waals surface area contributed by atoms with Crippen LogP contribution in [0.1, 0.15) is 50.5 Å². The summed E-state index contributed by atoms with van der Waals surface area (Å²) in [5, 5.41) is 0. The second-order valence-electron chi connectivity index (χ2n) is 6.52. The number of hydrogen-bond acceptors (Lipinski definition) is 1. The third kappa shape index (κ3) is 3.65. The molecular weight excluding hydrogens is 254 g/mol. The third-order valence-electron chi connectivity index (χ3n) is 4.98. The summed E-state index contributed by atoms with van der Waals surface area (Å²) in [5.74, 6) is 0. The number of nitrogens with zero attached hydrogens (tertiary/aromatic N) is 1. The Balaban J connectivity index is 1.57. The maximum absolute atomic E-state index is 3.81. The Morgan fingerprint density at radius 1 is 1.14 bits per heavy atom. The van der Waals surface area contributed by atoms with Gasteiger partial charge in [0.15, 0.2) is 0 Å². The van der Waals surface area contributed by atoms with Crippen molar-refractivity contribution in [3.63, 3.8) is 0 Å². The van der Waals surface area contributed by atoms with Gasteiger partial charge in [-0.2, -0.15) is 0 Å². The quantitative estimate of drug-likeness (QED) is 0.496. The highest BCUT2D eigenvalue weighted by molar-refractivity contribution is 5.21. The molecule has 0 radical (unpaired) electrons. The van der Waals surface area contributed by atoms with Crippen LogP contribution in [0.15, 0.2) is 54.6 Å². The molecule has 1 aromatic carbocycles. The van der Waals surface area contributed by atoms with Crippen molar-refractivity contribution in [2.24, 2.45) is 0 Å². The fourth-order valence-electron chi connectivity index (χ4n) is 3.87. The number of allylic oxidation sites excluding steroid dienone is 1. The number of hydrogen-bond donors (Lipinski definition) is 0. The van der Waals surface area contributed by atoms with Crippen LogP contribution < -0.4 is 0 Å². The van der Waals surface area contributed by atoms with Crippen LogP contribution in [0.25, 0.3) is 0 Å². The molecule has 2 atom stereocenters. The first kappa shape index (κ1) is 14.6. The Kier molecular flexibility index (Phi) is 4.92. The Morgan fingerprint density at radius 3 is 2.76 bits per heavy atom. The van der Waals surface area contributed by atoms with E-state index in [0.29, 0.717) is 6.04 Å². The van der Waals surface area contributed by atoms with E-state index < -0.39 is 0 Å². The summed E-state index contributed by atoms with van der Waals surface area (Å²) in [5.41, 5.74) is 3.17. The van der Waals surface area contributed by atoms with Gasteiger partial charge in [0.05, 0.1) is 0 Å². The van der Waals surface area contributed by atoms with Crippen molar-refractivity contribution in [2.75, 3.05) is 0 Å². The van der Waals surface area contributed by atoms with E-state index in [2.05, 4.69) is 47.9 Å². The molecule has 1 heteroatoms. The van der Waals surface area contributed by atoms with Crippen LogP contribution in [0.2, 0.25) is 0 Å². The third-order valence-corrected chi connectivity index (χ3v) is 4.98. The molecule has 2 aliphatic rings. The Morgan fingerprint density at radius 2 is 2.00 bits per heavy atom. The van der Waals surface area contributed by atoms with Crippen LogP contribution in [0.3, 0.4) is 0 Å². The van der Waals surface area contributed by atoms with Crippen molar-refractivity contribution >= 4 is 0 Å². The van der Waals surface area contributed by atoms with Crippen LogP contribution in [-0.2, 0) is 6.54 Å². The monoisotopic (exact) mass is 281 g/mol. The minimum absolute atomic E-state index is 0.693. The summed E-state index contributed by atoms with van der Waals surface area (Å²) in [4.78, 5) is 2.72. The molecule has 1 fully saturated rings. The normalized spacial score (nSPS) is 24.9. The predicted molar refractivity (Wildman–Crippen MR) is 90.2 cm³/mol. The highest BCUT2D eigenvalue weighted by Crippen LogP contribution is 2.37. The van der Waals surface area contributed by atoms with Gasteiger partial charge >= 0.3 is 0 Å². The molecule has 3 rings (SSSR count). The van der Waals surface area contributed by atoms with E-state index in [9.17, 15) is 0 Å². The van der Waals surface area contributed by atoms with Gasteiger partial charge in [-0.3, -0.25) is 4.90 Å². The van der Waals surface area contributed by atoms with Crippen molar-refractivity contribution in [3.05, 3.63) is 60.2 Å². The van der Waals surface area contributed by atoms with Gasteiger partial charge in [-0.25, -0.2) is 0 Å². The van der Waals surface area contributed by atoms with Crippen LogP contribution in [0, 0.1) is 0 Å². The van der Waals surface area contributed by atoms with Gasteiger partial charge in [-0.05, 0) is 50.5 Å². The lowest BCUT2D eigenvalue weighted by atomic mass is 9.96. The van der Waals surface area contributed by atoms with Crippen molar-refractivity contribution in [3.8, 4) is 0 Å². The highest BCUT2D eigenvalue weighted by atomic mass is 15.2. The number of fused-ring (bicyclic) bond motifs is 2. The molecule has 0 aromatic heterocycles. The molecule has 0 amide bonds. The molecule has 0 aliphatic carbocycles. The van der Waals surface area contributed by atoms with E-state index in [1.165, 1.54) is 50.5 Å². The van der Waals surface area contributed by atoms with Crippen molar-refractivity contribution in [1.82, 2.24) is 4.90 Å². The SMILES string of the molecule is C=CCCCCC1=CC2CCC(C1)N2Cc1ccccc1. The van der Waals surface area contributed by atoms with Gasteiger partial charge in [0.1, 0.15) is 0 Å². The van der Waals surface area contributed by atoms with E-state index >= 15 is 0 Å². The zero-order valence-corrected chi connectivity index (χ0v) is 13.0. The maximum atomic E-state index is 3.81. The van der Waals surface area contributed by atoms with Gasteiger partial charge in [-0.1, -0.05) is 48.1 Å². The Labute approximate surface area is 129 Å². The Hall–Kier alpha value is -1.34. The highest BCUT2D eigenvalue weighted by Gasteiger charge is 2.35. The van der Waals surface area contributed by atoms with E-state index in [-0.39, 0.29) is 0 Å². The zero-order valence-electron chi connectivity index (χ0n) is 13.0. The summed E-state index contributed by atoms with van der Waals surface area (Å²) in [6.07, 6.45) is 13.8. The summed E-state index contributed by atoms with van der Waals surface area (Å²) >= 11 is 0. The van der Waals surface area contributed by atoms with Crippen molar-refractivity contribution in [1.29, 1.82) is 0 Å². The van der Waals surface area contributed by atoms with Gasteiger partial charge in [0.25, 0.3) is 0 Å². The van der Waals surface area contributed by atoms with E-state index in [4.69, 9.17) is 0 Å². The Bertz CT molecular complexity index is 488. The first-order chi connectivity index (χ1) is 10.4. The molecule has 1 saturated heterocycles. The lowest BCUT2D eigenvalue weighted by Crippen LogP contribution is -2.37. The summed E-state index contributed by atoms with van der Waals surface area (Å²) in [6, 6.07) is 12.4. The van der Waals surface area contributed by atoms with Crippen LogP contribution >= 0.6 is 0 Å². The molecule has 112 valence electrons. The molecule has 0 saturated carbocycles. The topological polar surface area (TPSA) is 3.24 Å². The van der Waals surface area contributed by atoms with Crippen molar-refractivity contribution < 1.29 is 0 Å². The van der Waals surface area contributed by atoms with Gasteiger partial charge < -0.3 is 0 Å². The zero-order chi connectivity index (χ0) is 14.5. The van der Waals surface area contributed by atoms with Crippen LogP contribution in [-0.4, -0.2) is 17.0 Å². The largest absolute Gasteiger partial charge is 0.289 e. The molecule has 2 heterocycles. The second kappa shape index (κ2) is 7.09. The molecule has 1 aromatic rings. The molecule has 2 bridgehead atoms.